The van der Waals surface area contributed by atoms with E-state index in [1.165, 1.54) is 0 Å². The maximum atomic E-state index is 11.5. The van der Waals surface area contributed by atoms with E-state index in [9.17, 15) is 13.2 Å². The lowest BCUT2D eigenvalue weighted by Crippen LogP contribution is -2.30. The van der Waals surface area contributed by atoms with Gasteiger partial charge >= 0.3 is 0 Å². The monoisotopic (exact) mass is 313 g/mol. The molecule has 2 N–H and O–H groups in total. The van der Waals surface area contributed by atoms with E-state index in [2.05, 4.69) is 6.92 Å². The van der Waals surface area contributed by atoms with Crippen LogP contribution in [0.25, 0.3) is 0 Å². The predicted molar refractivity (Wildman–Crippen MR) is 82.2 cm³/mol. The maximum absolute atomic E-state index is 11.5. The van der Waals surface area contributed by atoms with Crippen molar-refractivity contribution in [3.8, 4) is 0 Å². The molecule has 2 atom stereocenters. The summed E-state index contributed by atoms with van der Waals surface area (Å²) in [7, 11) is -3.65. The van der Waals surface area contributed by atoms with E-state index in [1.54, 1.807) is 0 Å². The van der Waals surface area contributed by atoms with Crippen molar-refractivity contribution >= 4 is 16.0 Å². The second-order valence-electron chi connectivity index (χ2n) is 5.17. The molecule has 2 unspecified atom stereocenters. The Balaban J connectivity index is 3.06. The molecule has 5 nitrogen and oxygen atoms in total. The summed E-state index contributed by atoms with van der Waals surface area (Å²) in [6, 6.07) is 9.49. The summed E-state index contributed by atoms with van der Waals surface area (Å²) >= 11 is 0. The van der Waals surface area contributed by atoms with Gasteiger partial charge in [0, 0.05) is 5.92 Å². The minimum absolute atomic E-state index is 0.115. The van der Waals surface area contributed by atoms with Gasteiger partial charge in [0.25, 0.3) is 10.1 Å². The topological polar surface area (TPSA) is 86.5 Å². The van der Waals surface area contributed by atoms with E-state index in [-0.39, 0.29) is 12.3 Å². The minimum atomic E-state index is -3.65. The lowest BCUT2D eigenvalue weighted by Gasteiger charge is -2.26. The van der Waals surface area contributed by atoms with Crippen molar-refractivity contribution < 1.29 is 17.4 Å². The molecule has 118 valence electrons. The summed E-state index contributed by atoms with van der Waals surface area (Å²) in [4.78, 5) is 11.3. The highest BCUT2D eigenvalue weighted by atomic mass is 32.2. The van der Waals surface area contributed by atoms with Gasteiger partial charge in [-0.15, -0.1) is 0 Å². The first-order valence-electron chi connectivity index (χ1n) is 7.05. The van der Waals surface area contributed by atoms with Gasteiger partial charge in [-0.25, -0.2) is 0 Å². The quantitative estimate of drug-likeness (QED) is 0.708. The van der Waals surface area contributed by atoms with E-state index in [4.69, 9.17) is 9.92 Å². The molecule has 1 amide bonds. The Morgan fingerprint density at radius 2 is 1.90 bits per heavy atom. The molecule has 1 rings (SSSR count). The zero-order valence-electron chi connectivity index (χ0n) is 12.5. The zero-order valence-corrected chi connectivity index (χ0v) is 13.3. The Morgan fingerprint density at radius 1 is 1.29 bits per heavy atom. The number of carbonyl (C=O) groups excluding carboxylic acids is 1. The van der Waals surface area contributed by atoms with Crippen LogP contribution in [-0.4, -0.2) is 26.7 Å². The van der Waals surface area contributed by atoms with Crippen LogP contribution in [0, 0.1) is 0 Å². The molecule has 0 saturated carbocycles. The van der Waals surface area contributed by atoms with Gasteiger partial charge in [0.05, 0.1) is 18.8 Å². The smallest absolute Gasteiger partial charge is 0.264 e. The summed E-state index contributed by atoms with van der Waals surface area (Å²) < 4.78 is 28.1. The van der Waals surface area contributed by atoms with Gasteiger partial charge < -0.3 is 5.73 Å². The van der Waals surface area contributed by atoms with Gasteiger partial charge in [0.1, 0.15) is 0 Å². The number of hydrogen-bond acceptors (Lipinski definition) is 4. The molecule has 0 aromatic heterocycles. The number of rotatable bonds is 9. The first kappa shape index (κ1) is 17.7. The van der Waals surface area contributed by atoms with Crippen LogP contribution in [0.1, 0.15) is 44.1 Å². The SMILES string of the molecule is CCCCC(c1ccccc1)C(CC(N)=O)OS(C)(=O)=O. The van der Waals surface area contributed by atoms with Gasteiger partial charge in [-0.05, 0) is 12.0 Å². The maximum Gasteiger partial charge on any atom is 0.264 e. The fraction of sp³-hybridized carbons (Fsp3) is 0.533. The normalized spacial score (nSPS) is 14.6. The highest BCUT2D eigenvalue weighted by Crippen LogP contribution is 2.30. The molecular formula is C15H23NO4S. The number of nitrogens with two attached hydrogens (primary N) is 1. The van der Waals surface area contributed by atoms with Crippen LogP contribution in [-0.2, 0) is 19.1 Å². The summed E-state index contributed by atoms with van der Waals surface area (Å²) in [6.07, 6.45) is 2.76. The standard InChI is InChI=1S/C15H23NO4S/c1-3-4-10-13(12-8-6-5-7-9-12)14(11-15(16)17)20-21(2,18)19/h5-9,13-14H,3-4,10-11H2,1-2H3,(H2,16,17). The van der Waals surface area contributed by atoms with E-state index < -0.39 is 22.1 Å². The van der Waals surface area contributed by atoms with Crippen molar-refractivity contribution in [2.24, 2.45) is 5.73 Å². The van der Waals surface area contributed by atoms with Gasteiger partial charge in [-0.3, -0.25) is 8.98 Å². The molecule has 0 radical (unpaired) electrons. The van der Waals surface area contributed by atoms with Gasteiger partial charge in [-0.2, -0.15) is 8.42 Å². The van der Waals surface area contributed by atoms with Gasteiger partial charge in [-0.1, -0.05) is 50.1 Å². The second kappa shape index (κ2) is 8.14. The van der Waals surface area contributed by atoms with Crippen LogP contribution < -0.4 is 5.73 Å². The van der Waals surface area contributed by atoms with Gasteiger partial charge in [0.15, 0.2) is 0 Å². The number of carbonyl (C=O) groups is 1. The molecule has 0 saturated heterocycles. The van der Waals surface area contributed by atoms with Crippen LogP contribution in [0.2, 0.25) is 0 Å². The van der Waals surface area contributed by atoms with E-state index >= 15 is 0 Å². The van der Waals surface area contributed by atoms with Crippen LogP contribution in [0.15, 0.2) is 30.3 Å². The number of primary amides is 1. The van der Waals surface area contributed by atoms with E-state index in [0.717, 1.165) is 31.1 Å². The molecule has 0 aliphatic carbocycles. The largest absolute Gasteiger partial charge is 0.370 e. The molecule has 1 aromatic carbocycles. The molecular weight excluding hydrogens is 290 g/mol. The third kappa shape index (κ3) is 6.73. The molecule has 0 heterocycles. The lowest BCUT2D eigenvalue weighted by atomic mass is 9.87. The Labute approximate surface area is 126 Å². The zero-order chi connectivity index (χ0) is 15.9. The third-order valence-corrected chi connectivity index (χ3v) is 3.84. The second-order valence-corrected chi connectivity index (χ2v) is 6.77. The first-order valence-corrected chi connectivity index (χ1v) is 8.86. The molecule has 0 fully saturated rings. The molecule has 0 bridgehead atoms. The summed E-state index contributed by atoms with van der Waals surface area (Å²) in [5.41, 5.74) is 6.20. The van der Waals surface area contributed by atoms with Crippen molar-refractivity contribution in [1.29, 1.82) is 0 Å². The fourth-order valence-corrected chi connectivity index (χ4v) is 3.01. The van der Waals surface area contributed by atoms with Crippen LogP contribution in [0.3, 0.4) is 0 Å². The van der Waals surface area contributed by atoms with Gasteiger partial charge in [0.2, 0.25) is 5.91 Å². The predicted octanol–water partition coefficient (Wildman–Crippen LogP) is 2.18. The number of hydrogen-bond donors (Lipinski definition) is 1. The third-order valence-electron chi connectivity index (χ3n) is 3.25. The Kier molecular flexibility index (Phi) is 6.84. The molecule has 1 aromatic rings. The number of amides is 1. The number of benzene rings is 1. The highest BCUT2D eigenvalue weighted by Gasteiger charge is 2.28. The first-order chi connectivity index (χ1) is 9.83. The summed E-state index contributed by atoms with van der Waals surface area (Å²) in [5.74, 6) is -0.741. The van der Waals surface area contributed by atoms with Crippen LogP contribution >= 0.6 is 0 Å². The molecule has 6 heteroatoms. The molecule has 21 heavy (non-hydrogen) atoms. The van der Waals surface area contributed by atoms with Crippen LogP contribution in [0.5, 0.6) is 0 Å². The number of unbranched alkanes of at least 4 members (excludes halogenated alkanes) is 1. The average Bonchev–Trinajstić information content (AvgIpc) is 2.37. The van der Waals surface area contributed by atoms with E-state index in [1.807, 2.05) is 30.3 Å². The van der Waals surface area contributed by atoms with Crippen molar-refractivity contribution in [2.45, 2.75) is 44.6 Å². The van der Waals surface area contributed by atoms with Crippen molar-refractivity contribution in [1.82, 2.24) is 0 Å². The summed E-state index contributed by atoms with van der Waals surface area (Å²) in [5, 5.41) is 0. The van der Waals surface area contributed by atoms with E-state index in [0.29, 0.717) is 0 Å². The van der Waals surface area contributed by atoms with Crippen molar-refractivity contribution in [2.75, 3.05) is 6.26 Å². The Morgan fingerprint density at radius 3 is 2.38 bits per heavy atom. The molecule has 0 spiro atoms. The van der Waals surface area contributed by atoms with Crippen LogP contribution in [0.4, 0.5) is 0 Å². The highest BCUT2D eigenvalue weighted by molar-refractivity contribution is 7.86. The van der Waals surface area contributed by atoms with Crippen molar-refractivity contribution in [3.63, 3.8) is 0 Å². The fourth-order valence-electron chi connectivity index (χ4n) is 2.36. The average molecular weight is 313 g/mol. The minimum Gasteiger partial charge on any atom is -0.370 e. The Hall–Kier alpha value is -1.40. The molecule has 0 aliphatic heterocycles. The summed E-state index contributed by atoms with van der Waals surface area (Å²) in [6.45, 7) is 2.06. The lowest BCUT2D eigenvalue weighted by molar-refractivity contribution is -0.119. The van der Waals surface area contributed by atoms with Crippen molar-refractivity contribution in [3.05, 3.63) is 35.9 Å². The molecule has 0 aliphatic rings. The Bertz CT molecular complexity index is 542.